The molecular formula is C22H25NO4S. The number of sulfonamides is 1. The molecule has 0 unspecified atom stereocenters. The van der Waals surface area contributed by atoms with Gasteiger partial charge in [-0.05, 0) is 44.9 Å². The first-order chi connectivity index (χ1) is 13.4. The third kappa shape index (κ3) is 3.88. The molecule has 2 aromatic carbocycles. The topological polar surface area (TPSA) is 63.7 Å². The average molecular weight is 400 g/mol. The molecule has 0 aliphatic carbocycles. The van der Waals surface area contributed by atoms with E-state index in [0.29, 0.717) is 12.0 Å². The lowest BCUT2D eigenvalue weighted by Gasteiger charge is -2.39. The van der Waals surface area contributed by atoms with Crippen molar-refractivity contribution in [1.82, 2.24) is 4.31 Å². The van der Waals surface area contributed by atoms with E-state index in [-0.39, 0.29) is 17.5 Å². The smallest absolute Gasteiger partial charge is 0.335 e. The van der Waals surface area contributed by atoms with Crippen LogP contribution in [0.3, 0.4) is 0 Å². The molecule has 28 heavy (non-hydrogen) atoms. The molecule has 3 rings (SSSR count). The van der Waals surface area contributed by atoms with E-state index in [0.717, 1.165) is 11.1 Å². The summed E-state index contributed by atoms with van der Waals surface area (Å²) in [5.41, 5.74) is 2.26. The SMILES string of the molecule is CCOC(=O)C1=CC[C@@H](c2ccccc2)N(S(=O)(=O)c2ccc(C)cc2)[C@H]1C. The van der Waals surface area contributed by atoms with Crippen molar-refractivity contribution in [2.24, 2.45) is 0 Å². The minimum atomic E-state index is -3.82. The van der Waals surface area contributed by atoms with Crippen LogP contribution in [0.4, 0.5) is 0 Å². The summed E-state index contributed by atoms with van der Waals surface area (Å²) in [6, 6.07) is 15.3. The van der Waals surface area contributed by atoms with Crippen LogP contribution in [-0.2, 0) is 19.6 Å². The lowest BCUT2D eigenvalue weighted by Crippen LogP contribution is -2.46. The van der Waals surface area contributed by atoms with Gasteiger partial charge in [-0.2, -0.15) is 4.31 Å². The van der Waals surface area contributed by atoms with Crippen LogP contribution in [0.25, 0.3) is 0 Å². The van der Waals surface area contributed by atoms with E-state index in [1.165, 1.54) is 4.31 Å². The third-order valence-corrected chi connectivity index (χ3v) is 6.99. The zero-order valence-electron chi connectivity index (χ0n) is 16.3. The maximum Gasteiger partial charge on any atom is 0.335 e. The van der Waals surface area contributed by atoms with E-state index in [4.69, 9.17) is 4.74 Å². The minimum Gasteiger partial charge on any atom is -0.463 e. The zero-order chi connectivity index (χ0) is 20.3. The highest BCUT2D eigenvalue weighted by Crippen LogP contribution is 2.38. The summed E-state index contributed by atoms with van der Waals surface area (Å²) in [7, 11) is -3.82. The molecule has 5 nitrogen and oxygen atoms in total. The summed E-state index contributed by atoms with van der Waals surface area (Å²) >= 11 is 0. The van der Waals surface area contributed by atoms with Crippen molar-refractivity contribution in [2.75, 3.05) is 6.61 Å². The van der Waals surface area contributed by atoms with Crippen molar-refractivity contribution in [2.45, 2.75) is 44.2 Å². The van der Waals surface area contributed by atoms with Gasteiger partial charge in [0.25, 0.3) is 0 Å². The van der Waals surface area contributed by atoms with Gasteiger partial charge >= 0.3 is 5.97 Å². The Labute approximate surface area is 166 Å². The molecule has 0 aromatic heterocycles. The number of carbonyl (C=O) groups excluding carboxylic acids is 1. The van der Waals surface area contributed by atoms with Crippen LogP contribution in [0.15, 0.2) is 71.1 Å². The minimum absolute atomic E-state index is 0.219. The molecule has 0 amide bonds. The molecule has 0 radical (unpaired) electrons. The van der Waals surface area contributed by atoms with Gasteiger partial charge in [0.1, 0.15) is 0 Å². The van der Waals surface area contributed by atoms with Gasteiger partial charge in [-0.3, -0.25) is 0 Å². The van der Waals surface area contributed by atoms with E-state index >= 15 is 0 Å². The number of aryl methyl sites for hydroxylation is 1. The van der Waals surface area contributed by atoms with Crippen LogP contribution in [0.1, 0.15) is 37.4 Å². The average Bonchev–Trinajstić information content (AvgIpc) is 2.68. The van der Waals surface area contributed by atoms with Crippen LogP contribution in [0.2, 0.25) is 0 Å². The normalized spacial score (nSPS) is 20.5. The van der Waals surface area contributed by atoms with Crippen LogP contribution in [0.5, 0.6) is 0 Å². The van der Waals surface area contributed by atoms with Crippen LogP contribution in [-0.4, -0.2) is 31.3 Å². The Kier molecular flexibility index (Phi) is 6.01. The molecule has 0 saturated carbocycles. The molecule has 1 aliphatic heterocycles. The van der Waals surface area contributed by atoms with Gasteiger partial charge in [0.05, 0.1) is 29.2 Å². The van der Waals surface area contributed by atoms with Crippen molar-refractivity contribution in [3.8, 4) is 0 Å². The van der Waals surface area contributed by atoms with Crippen LogP contribution >= 0.6 is 0 Å². The summed E-state index contributed by atoms with van der Waals surface area (Å²) in [5, 5.41) is 0. The predicted molar refractivity (Wildman–Crippen MR) is 108 cm³/mol. The van der Waals surface area contributed by atoms with E-state index in [1.807, 2.05) is 43.3 Å². The second kappa shape index (κ2) is 8.29. The molecule has 0 spiro atoms. The maximum absolute atomic E-state index is 13.6. The van der Waals surface area contributed by atoms with Crippen LogP contribution in [0, 0.1) is 6.92 Å². The van der Waals surface area contributed by atoms with E-state index in [2.05, 4.69) is 0 Å². The summed E-state index contributed by atoms with van der Waals surface area (Å²) in [4.78, 5) is 12.6. The van der Waals surface area contributed by atoms with Gasteiger partial charge in [-0.25, -0.2) is 13.2 Å². The lowest BCUT2D eigenvalue weighted by atomic mass is 9.94. The number of carbonyl (C=O) groups is 1. The van der Waals surface area contributed by atoms with E-state index in [9.17, 15) is 13.2 Å². The molecular weight excluding hydrogens is 374 g/mol. The second-order valence-corrected chi connectivity index (χ2v) is 8.71. The Hall–Kier alpha value is -2.44. The summed E-state index contributed by atoms with van der Waals surface area (Å²) in [6.07, 6.45) is 2.22. The quantitative estimate of drug-likeness (QED) is 0.713. The lowest BCUT2D eigenvalue weighted by molar-refractivity contribution is -0.139. The molecule has 2 atom stereocenters. The number of benzene rings is 2. The van der Waals surface area contributed by atoms with Crippen molar-refractivity contribution < 1.29 is 17.9 Å². The molecule has 0 bridgehead atoms. The summed E-state index contributed by atoms with van der Waals surface area (Å²) in [6.45, 7) is 5.63. The van der Waals surface area contributed by atoms with E-state index in [1.54, 1.807) is 38.1 Å². The fourth-order valence-corrected chi connectivity index (χ4v) is 5.35. The fourth-order valence-electron chi connectivity index (χ4n) is 3.55. The first-order valence-electron chi connectivity index (χ1n) is 9.38. The summed E-state index contributed by atoms with van der Waals surface area (Å²) in [5.74, 6) is -0.467. The van der Waals surface area contributed by atoms with Gasteiger partial charge in [-0.1, -0.05) is 54.1 Å². The van der Waals surface area contributed by atoms with Crippen molar-refractivity contribution in [3.05, 3.63) is 77.4 Å². The molecule has 1 aliphatic rings. The first kappa shape index (κ1) is 20.3. The standard InChI is InChI=1S/C22H25NO4S/c1-4-27-22(24)20-14-15-21(18-8-6-5-7-9-18)23(17(20)3)28(25,26)19-12-10-16(2)11-13-19/h5-14,17,21H,4,15H2,1-3H3/t17-,21-/m0/s1. The largest absolute Gasteiger partial charge is 0.463 e. The summed E-state index contributed by atoms with van der Waals surface area (Å²) < 4.78 is 33.7. The van der Waals surface area contributed by atoms with Crippen molar-refractivity contribution >= 4 is 16.0 Å². The number of ether oxygens (including phenoxy) is 1. The fraction of sp³-hybridized carbons (Fsp3) is 0.318. The zero-order valence-corrected chi connectivity index (χ0v) is 17.1. The Balaban J connectivity index is 2.10. The molecule has 148 valence electrons. The Morgan fingerprint density at radius 1 is 1.11 bits per heavy atom. The number of hydrogen-bond donors (Lipinski definition) is 0. The maximum atomic E-state index is 13.6. The van der Waals surface area contributed by atoms with Gasteiger partial charge < -0.3 is 4.74 Å². The second-order valence-electron chi connectivity index (χ2n) is 6.87. The van der Waals surface area contributed by atoms with Gasteiger partial charge in [0.2, 0.25) is 10.0 Å². The molecule has 0 N–H and O–H groups in total. The number of hydrogen-bond acceptors (Lipinski definition) is 4. The number of rotatable bonds is 5. The van der Waals surface area contributed by atoms with Gasteiger partial charge in [0.15, 0.2) is 0 Å². The Morgan fingerprint density at radius 3 is 2.36 bits per heavy atom. The highest BCUT2D eigenvalue weighted by Gasteiger charge is 2.41. The molecule has 0 fully saturated rings. The van der Waals surface area contributed by atoms with Gasteiger partial charge in [-0.15, -0.1) is 0 Å². The van der Waals surface area contributed by atoms with Gasteiger partial charge in [0, 0.05) is 0 Å². The first-order valence-corrected chi connectivity index (χ1v) is 10.8. The molecule has 2 aromatic rings. The molecule has 6 heteroatoms. The molecule has 0 saturated heterocycles. The Bertz CT molecular complexity index is 965. The number of nitrogens with zero attached hydrogens (tertiary/aromatic N) is 1. The van der Waals surface area contributed by atoms with Crippen molar-refractivity contribution in [3.63, 3.8) is 0 Å². The highest BCUT2D eigenvalue weighted by atomic mass is 32.2. The highest BCUT2D eigenvalue weighted by molar-refractivity contribution is 7.89. The van der Waals surface area contributed by atoms with E-state index < -0.39 is 22.0 Å². The Morgan fingerprint density at radius 2 is 1.75 bits per heavy atom. The third-order valence-electron chi connectivity index (χ3n) is 4.99. The van der Waals surface area contributed by atoms with Crippen molar-refractivity contribution in [1.29, 1.82) is 0 Å². The monoisotopic (exact) mass is 399 g/mol. The predicted octanol–water partition coefficient (Wildman–Crippen LogP) is 4.01. The van der Waals surface area contributed by atoms with Crippen LogP contribution < -0.4 is 0 Å². The molecule has 1 heterocycles. The number of esters is 1.